The minimum Gasteiger partial charge on any atom is -0.352 e. The first-order valence-corrected chi connectivity index (χ1v) is 15.6. The summed E-state index contributed by atoms with van der Waals surface area (Å²) in [7, 11) is 0. The lowest BCUT2D eigenvalue weighted by Gasteiger charge is -2.33. The van der Waals surface area contributed by atoms with Crippen molar-refractivity contribution in [2.24, 2.45) is 0 Å². The monoisotopic (exact) mass is 602 g/mol. The number of halogens is 3. The van der Waals surface area contributed by atoms with E-state index in [4.69, 9.17) is 34.8 Å². The highest BCUT2D eigenvalue weighted by atomic mass is 35.5. The summed E-state index contributed by atoms with van der Waals surface area (Å²) in [6.07, 6.45) is 5.84. The number of benzene rings is 3. The number of nitrogens with one attached hydrogen (secondary N) is 1. The fourth-order valence-corrected chi connectivity index (χ4v) is 6.16. The predicted octanol–water partition coefficient (Wildman–Crippen LogP) is 7.97. The van der Waals surface area contributed by atoms with E-state index in [1.165, 1.54) is 18.2 Å². The Morgan fingerprint density at radius 1 is 0.846 bits per heavy atom. The van der Waals surface area contributed by atoms with E-state index in [2.05, 4.69) is 5.32 Å². The summed E-state index contributed by atoms with van der Waals surface area (Å²) in [4.78, 5) is 29.3. The predicted molar refractivity (Wildman–Crippen MR) is 164 cm³/mol. The molecule has 4 rings (SSSR count). The molecule has 0 spiro atoms. The summed E-state index contributed by atoms with van der Waals surface area (Å²) in [5, 5.41) is 4.90. The first-order valence-electron chi connectivity index (χ1n) is 13.3. The Balaban J connectivity index is 1.55. The molecule has 0 heterocycles. The molecule has 0 saturated heterocycles. The van der Waals surface area contributed by atoms with Crippen LogP contribution in [0.3, 0.4) is 0 Å². The van der Waals surface area contributed by atoms with E-state index in [9.17, 15) is 9.59 Å². The molecule has 2 amide bonds. The zero-order chi connectivity index (χ0) is 27.6. The molecule has 1 aliphatic rings. The third kappa shape index (κ3) is 9.18. The summed E-state index contributed by atoms with van der Waals surface area (Å²) in [5.41, 5.74) is 2.92. The Bertz CT molecular complexity index is 1230. The van der Waals surface area contributed by atoms with Crippen molar-refractivity contribution in [1.82, 2.24) is 10.2 Å². The molecule has 0 aromatic heterocycles. The highest BCUT2D eigenvalue weighted by Gasteiger charge is 2.31. The maximum atomic E-state index is 13.8. The van der Waals surface area contributed by atoms with Gasteiger partial charge in [-0.05, 0) is 53.8 Å². The number of carbonyl (C=O) groups is 2. The highest BCUT2D eigenvalue weighted by Crippen LogP contribution is 2.26. The number of nitrogens with zero attached hydrogens (tertiary/aromatic N) is 1. The van der Waals surface area contributed by atoms with Gasteiger partial charge in [0.15, 0.2) is 0 Å². The van der Waals surface area contributed by atoms with Crippen molar-refractivity contribution in [2.75, 3.05) is 5.75 Å². The van der Waals surface area contributed by atoms with Gasteiger partial charge in [0.25, 0.3) is 0 Å². The first kappa shape index (κ1) is 29.8. The Hall–Kier alpha value is -2.18. The lowest BCUT2D eigenvalue weighted by atomic mass is 9.94. The first-order chi connectivity index (χ1) is 18.9. The largest absolute Gasteiger partial charge is 0.352 e. The van der Waals surface area contributed by atoms with E-state index in [1.54, 1.807) is 11.0 Å². The summed E-state index contributed by atoms with van der Waals surface area (Å²) in [6, 6.07) is 22.3. The van der Waals surface area contributed by atoms with Gasteiger partial charge >= 0.3 is 0 Å². The van der Waals surface area contributed by atoms with Crippen LogP contribution in [0.1, 0.15) is 48.8 Å². The molecule has 1 saturated carbocycles. The van der Waals surface area contributed by atoms with Gasteiger partial charge in [0.1, 0.15) is 6.04 Å². The second-order valence-electron chi connectivity index (χ2n) is 9.94. The molecular formula is C31H33Cl3N2O2S. The van der Waals surface area contributed by atoms with Gasteiger partial charge in [-0.25, -0.2) is 0 Å². The fourth-order valence-electron chi connectivity index (χ4n) is 4.85. The molecule has 1 unspecified atom stereocenters. The van der Waals surface area contributed by atoms with Crippen molar-refractivity contribution < 1.29 is 9.59 Å². The number of carbonyl (C=O) groups excluding carboxylic acids is 2. The van der Waals surface area contributed by atoms with Crippen LogP contribution in [0.25, 0.3) is 0 Å². The van der Waals surface area contributed by atoms with E-state index < -0.39 is 6.04 Å². The Kier molecular flexibility index (Phi) is 11.5. The third-order valence-corrected chi connectivity index (χ3v) is 8.95. The summed E-state index contributed by atoms with van der Waals surface area (Å²) in [6.45, 7) is 0.318. The minimum atomic E-state index is -0.636. The Morgan fingerprint density at radius 3 is 2.23 bits per heavy atom. The van der Waals surface area contributed by atoms with Crippen LogP contribution in [-0.2, 0) is 28.3 Å². The molecule has 1 N–H and O–H groups in total. The van der Waals surface area contributed by atoms with Crippen LogP contribution < -0.4 is 5.32 Å². The molecule has 206 valence electrons. The van der Waals surface area contributed by atoms with Gasteiger partial charge in [0, 0.05) is 29.8 Å². The van der Waals surface area contributed by atoms with Crippen molar-refractivity contribution >= 4 is 58.4 Å². The number of thioether (sulfide) groups is 1. The molecule has 1 fully saturated rings. The summed E-state index contributed by atoms with van der Waals surface area (Å²) >= 11 is 19.8. The van der Waals surface area contributed by atoms with Crippen LogP contribution in [0.2, 0.25) is 15.1 Å². The second kappa shape index (κ2) is 15.0. The van der Waals surface area contributed by atoms with Crippen molar-refractivity contribution in [1.29, 1.82) is 0 Å². The fraction of sp³-hybridized carbons (Fsp3) is 0.355. The van der Waals surface area contributed by atoms with E-state index in [0.717, 1.165) is 42.4 Å². The Labute approximate surface area is 250 Å². The quantitative estimate of drug-likeness (QED) is 0.242. The molecule has 4 nitrogen and oxygen atoms in total. The molecular weight excluding hydrogens is 571 g/mol. The topological polar surface area (TPSA) is 49.4 Å². The van der Waals surface area contributed by atoms with Gasteiger partial charge in [-0.3, -0.25) is 9.59 Å². The molecule has 8 heteroatoms. The van der Waals surface area contributed by atoms with E-state index in [1.807, 2.05) is 66.7 Å². The number of hydrogen-bond acceptors (Lipinski definition) is 3. The van der Waals surface area contributed by atoms with Crippen LogP contribution in [0, 0.1) is 0 Å². The molecule has 1 aliphatic carbocycles. The van der Waals surface area contributed by atoms with Gasteiger partial charge in [-0.1, -0.05) is 103 Å². The molecule has 0 aliphatic heterocycles. The highest BCUT2D eigenvalue weighted by molar-refractivity contribution is 7.99. The van der Waals surface area contributed by atoms with E-state index in [0.29, 0.717) is 33.8 Å². The molecule has 1 atom stereocenters. The van der Waals surface area contributed by atoms with Crippen molar-refractivity contribution in [3.8, 4) is 0 Å². The van der Waals surface area contributed by atoms with Gasteiger partial charge in [0.2, 0.25) is 11.8 Å². The average molecular weight is 604 g/mol. The van der Waals surface area contributed by atoms with Crippen molar-refractivity contribution in [2.45, 2.75) is 62.9 Å². The van der Waals surface area contributed by atoms with Gasteiger partial charge in [0.05, 0.1) is 15.8 Å². The molecule has 0 radical (unpaired) electrons. The van der Waals surface area contributed by atoms with Gasteiger partial charge in [-0.2, -0.15) is 0 Å². The lowest BCUT2D eigenvalue weighted by molar-refractivity contribution is -0.139. The van der Waals surface area contributed by atoms with Crippen molar-refractivity contribution in [3.63, 3.8) is 0 Å². The number of hydrogen-bond donors (Lipinski definition) is 1. The maximum absolute atomic E-state index is 13.8. The normalized spacial score (nSPS) is 14.5. The third-order valence-electron chi connectivity index (χ3n) is 6.97. The summed E-state index contributed by atoms with van der Waals surface area (Å²) < 4.78 is 0. The summed E-state index contributed by atoms with van der Waals surface area (Å²) in [5.74, 6) is 0.655. The van der Waals surface area contributed by atoms with Crippen LogP contribution >= 0.6 is 46.6 Å². The molecule has 3 aromatic carbocycles. The molecule has 0 bridgehead atoms. The zero-order valence-corrected chi connectivity index (χ0v) is 24.8. The van der Waals surface area contributed by atoms with E-state index in [-0.39, 0.29) is 23.6 Å². The second-order valence-corrected chi connectivity index (χ2v) is 12.2. The van der Waals surface area contributed by atoms with Crippen molar-refractivity contribution in [3.05, 3.63) is 105 Å². The van der Waals surface area contributed by atoms with Crippen LogP contribution in [0.4, 0.5) is 0 Å². The smallest absolute Gasteiger partial charge is 0.243 e. The minimum absolute atomic E-state index is 0.0882. The van der Waals surface area contributed by atoms with E-state index >= 15 is 0 Å². The lowest BCUT2D eigenvalue weighted by Crippen LogP contribution is -2.53. The number of amides is 2. The SMILES string of the molecule is O=C(NC1CCCCC1)C(Cc1ccccc1)N(Cc1ccc(Cl)cc1)C(=O)CSCc1ccc(Cl)c(Cl)c1. The molecule has 39 heavy (non-hydrogen) atoms. The zero-order valence-electron chi connectivity index (χ0n) is 21.8. The Morgan fingerprint density at radius 2 is 1.54 bits per heavy atom. The average Bonchev–Trinajstić information content (AvgIpc) is 2.94. The maximum Gasteiger partial charge on any atom is 0.243 e. The van der Waals surface area contributed by atoms with Gasteiger partial charge in [-0.15, -0.1) is 11.8 Å². The standard InChI is InChI=1S/C31H33Cl3N2O2S/c32-25-14-11-23(12-15-25)19-36(30(37)21-39-20-24-13-16-27(33)28(34)17-24)29(18-22-7-3-1-4-8-22)31(38)35-26-9-5-2-6-10-26/h1,3-4,7-8,11-17,26,29H,2,5-6,9-10,18-21H2,(H,35,38). The van der Waals surface area contributed by atoms with Crippen LogP contribution in [0.15, 0.2) is 72.8 Å². The number of rotatable bonds is 11. The van der Waals surface area contributed by atoms with Crippen LogP contribution in [0.5, 0.6) is 0 Å². The van der Waals surface area contributed by atoms with Gasteiger partial charge < -0.3 is 10.2 Å². The van der Waals surface area contributed by atoms with Crippen LogP contribution in [-0.4, -0.2) is 34.6 Å². The molecule has 3 aromatic rings.